The van der Waals surface area contributed by atoms with Crippen molar-refractivity contribution in [2.45, 2.75) is 11.0 Å². The monoisotopic (exact) mass is 383 g/mol. The van der Waals surface area contributed by atoms with Gasteiger partial charge in [0.05, 0.1) is 18.2 Å². The molecule has 20 heavy (non-hydrogen) atoms. The topological polar surface area (TPSA) is 83.9 Å². The molecule has 0 bridgehead atoms. The lowest BCUT2D eigenvalue weighted by Crippen LogP contribution is -2.48. The zero-order valence-corrected chi connectivity index (χ0v) is 13.3. The number of ether oxygens (including phenoxy) is 1. The first-order valence-corrected chi connectivity index (χ1v) is 8.23. The molecule has 1 aliphatic rings. The van der Waals surface area contributed by atoms with Crippen LogP contribution >= 0.6 is 27.5 Å². The van der Waals surface area contributed by atoms with Crippen LogP contribution in [0.3, 0.4) is 0 Å². The number of carbonyl (C=O) groups is 1. The van der Waals surface area contributed by atoms with E-state index in [0.29, 0.717) is 4.47 Å². The van der Waals surface area contributed by atoms with Gasteiger partial charge >= 0.3 is 5.97 Å². The molecule has 110 valence electrons. The number of morpholine rings is 1. The van der Waals surface area contributed by atoms with Gasteiger partial charge in [-0.2, -0.15) is 4.31 Å². The minimum absolute atomic E-state index is 0.0321. The smallest absolute Gasteiger partial charge is 0.334 e. The first kappa shape index (κ1) is 15.7. The zero-order valence-electron chi connectivity index (χ0n) is 10.1. The van der Waals surface area contributed by atoms with Gasteiger partial charge in [-0.15, -0.1) is 0 Å². The van der Waals surface area contributed by atoms with Gasteiger partial charge in [-0.1, -0.05) is 27.5 Å². The summed E-state index contributed by atoms with van der Waals surface area (Å²) >= 11 is 9.15. The Morgan fingerprint density at radius 1 is 1.50 bits per heavy atom. The molecular weight excluding hydrogens is 374 g/mol. The van der Waals surface area contributed by atoms with E-state index in [2.05, 4.69) is 15.9 Å². The molecule has 1 heterocycles. The molecule has 6 nitrogen and oxygen atoms in total. The molecule has 0 amide bonds. The van der Waals surface area contributed by atoms with Crippen LogP contribution in [0.25, 0.3) is 0 Å². The molecular formula is C11H11BrClNO5S. The fourth-order valence-corrected chi connectivity index (χ4v) is 4.25. The summed E-state index contributed by atoms with van der Waals surface area (Å²) in [7, 11) is -3.84. The van der Waals surface area contributed by atoms with E-state index in [1.165, 1.54) is 12.1 Å². The Bertz CT molecular complexity index is 636. The van der Waals surface area contributed by atoms with Crippen molar-refractivity contribution in [1.82, 2.24) is 4.31 Å². The van der Waals surface area contributed by atoms with Crippen LogP contribution in [0.1, 0.15) is 0 Å². The first-order chi connectivity index (χ1) is 9.32. The van der Waals surface area contributed by atoms with Crippen LogP contribution in [0, 0.1) is 0 Å². The van der Waals surface area contributed by atoms with Gasteiger partial charge in [-0.05, 0) is 18.2 Å². The van der Waals surface area contributed by atoms with Crippen LogP contribution in [0.4, 0.5) is 0 Å². The summed E-state index contributed by atoms with van der Waals surface area (Å²) in [6.45, 7) is -0.104. The normalized spacial score (nSPS) is 20.8. The van der Waals surface area contributed by atoms with E-state index in [1.807, 2.05) is 0 Å². The lowest BCUT2D eigenvalue weighted by molar-refractivity contribution is -0.153. The second-order valence-corrected chi connectivity index (χ2v) is 7.36. The third-order valence-electron chi connectivity index (χ3n) is 2.82. The number of halogens is 2. The summed E-state index contributed by atoms with van der Waals surface area (Å²) in [5.41, 5.74) is 0. The van der Waals surface area contributed by atoms with Crippen molar-refractivity contribution in [1.29, 1.82) is 0 Å². The predicted molar refractivity (Wildman–Crippen MR) is 75.3 cm³/mol. The number of carboxylic acids is 1. The molecule has 2 rings (SSSR count). The number of aliphatic carboxylic acids is 1. The number of nitrogens with zero attached hydrogens (tertiary/aromatic N) is 1. The highest BCUT2D eigenvalue weighted by Crippen LogP contribution is 2.28. The number of carboxylic acid groups (broad SMARTS) is 1. The molecule has 1 aromatic carbocycles. The van der Waals surface area contributed by atoms with Crippen LogP contribution in [0.15, 0.2) is 27.6 Å². The van der Waals surface area contributed by atoms with Crippen molar-refractivity contribution >= 4 is 43.5 Å². The lowest BCUT2D eigenvalue weighted by Gasteiger charge is -2.30. The fourth-order valence-electron chi connectivity index (χ4n) is 1.82. The standard InChI is InChI=1S/C11H11BrClNO5S/c12-7-1-2-10(8(13)5-7)20(17,18)14-3-4-19-9(6-14)11(15)16/h1-2,5,9H,3-4,6H2,(H,15,16). The van der Waals surface area contributed by atoms with Gasteiger partial charge in [0, 0.05) is 11.0 Å². The van der Waals surface area contributed by atoms with Crippen LogP contribution < -0.4 is 0 Å². The molecule has 1 unspecified atom stereocenters. The third kappa shape index (κ3) is 3.15. The molecule has 1 N–H and O–H groups in total. The highest BCUT2D eigenvalue weighted by atomic mass is 79.9. The Balaban J connectivity index is 2.32. The van der Waals surface area contributed by atoms with Gasteiger partial charge in [0.15, 0.2) is 6.10 Å². The van der Waals surface area contributed by atoms with Crippen molar-refractivity contribution < 1.29 is 23.1 Å². The van der Waals surface area contributed by atoms with E-state index in [9.17, 15) is 13.2 Å². The van der Waals surface area contributed by atoms with Crippen LogP contribution in [-0.2, 0) is 19.6 Å². The van der Waals surface area contributed by atoms with E-state index in [1.54, 1.807) is 6.07 Å². The van der Waals surface area contributed by atoms with Gasteiger partial charge in [0.1, 0.15) is 4.90 Å². The van der Waals surface area contributed by atoms with Crippen LogP contribution in [0.2, 0.25) is 5.02 Å². The van der Waals surface area contributed by atoms with E-state index >= 15 is 0 Å². The Morgan fingerprint density at radius 3 is 2.80 bits per heavy atom. The SMILES string of the molecule is O=C(O)C1CN(S(=O)(=O)c2ccc(Br)cc2Cl)CCO1. The highest BCUT2D eigenvalue weighted by Gasteiger charge is 2.34. The average Bonchev–Trinajstić information content (AvgIpc) is 2.38. The second kappa shape index (κ2) is 5.98. The largest absolute Gasteiger partial charge is 0.479 e. The minimum atomic E-state index is -3.84. The van der Waals surface area contributed by atoms with Gasteiger partial charge in [0.2, 0.25) is 10.0 Å². The number of hydrogen-bond acceptors (Lipinski definition) is 4. The highest BCUT2D eigenvalue weighted by molar-refractivity contribution is 9.10. The number of benzene rings is 1. The summed E-state index contributed by atoms with van der Waals surface area (Å²) in [5.74, 6) is -1.19. The molecule has 0 aromatic heterocycles. The zero-order chi connectivity index (χ0) is 14.9. The number of hydrogen-bond donors (Lipinski definition) is 1. The van der Waals surface area contributed by atoms with Crippen molar-refractivity contribution in [3.8, 4) is 0 Å². The third-order valence-corrected chi connectivity index (χ3v) is 5.66. The Morgan fingerprint density at radius 2 is 2.20 bits per heavy atom. The van der Waals surface area contributed by atoms with Gasteiger partial charge < -0.3 is 9.84 Å². The van der Waals surface area contributed by atoms with Gasteiger partial charge in [-0.3, -0.25) is 0 Å². The molecule has 1 aliphatic heterocycles. The molecule has 0 aliphatic carbocycles. The van der Waals surface area contributed by atoms with Crippen molar-refractivity contribution in [2.75, 3.05) is 19.7 Å². The Labute approximate surface area is 129 Å². The summed E-state index contributed by atoms with van der Waals surface area (Å²) < 4.78 is 31.7. The first-order valence-electron chi connectivity index (χ1n) is 5.62. The second-order valence-electron chi connectivity index (χ2n) is 4.14. The van der Waals surface area contributed by atoms with E-state index in [-0.39, 0.29) is 29.6 Å². The molecule has 1 saturated heterocycles. The number of rotatable bonds is 3. The van der Waals surface area contributed by atoms with Crippen molar-refractivity contribution in [2.24, 2.45) is 0 Å². The minimum Gasteiger partial charge on any atom is -0.479 e. The molecule has 1 atom stereocenters. The van der Waals surface area contributed by atoms with Crippen molar-refractivity contribution in [3.63, 3.8) is 0 Å². The number of sulfonamides is 1. The quantitative estimate of drug-likeness (QED) is 0.855. The Kier molecular flexibility index (Phi) is 4.70. The molecule has 0 spiro atoms. The van der Waals surface area contributed by atoms with Gasteiger partial charge in [-0.25, -0.2) is 13.2 Å². The molecule has 1 fully saturated rings. The van der Waals surface area contributed by atoms with E-state index < -0.39 is 22.1 Å². The average molecular weight is 385 g/mol. The summed E-state index contributed by atoms with van der Waals surface area (Å²) in [4.78, 5) is 10.8. The molecule has 0 saturated carbocycles. The molecule has 1 aromatic rings. The maximum Gasteiger partial charge on any atom is 0.334 e. The Hall–Kier alpha value is -0.670. The van der Waals surface area contributed by atoms with E-state index in [4.69, 9.17) is 21.4 Å². The summed E-state index contributed by atoms with van der Waals surface area (Å²) in [5, 5.41) is 8.99. The van der Waals surface area contributed by atoms with Crippen LogP contribution in [0.5, 0.6) is 0 Å². The summed E-state index contributed by atoms with van der Waals surface area (Å²) in [6.07, 6.45) is -1.16. The van der Waals surface area contributed by atoms with Crippen LogP contribution in [-0.4, -0.2) is 49.6 Å². The lowest BCUT2D eigenvalue weighted by atomic mass is 10.3. The van der Waals surface area contributed by atoms with Gasteiger partial charge in [0.25, 0.3) is 0 Å². The van der Waals surface area contributed by atoms with Crippen molar-refractivity contribution in [3.05, 3.63) is 27.7 Å². The van der Waals surface area contributed by atoms with E-state index in [0.717, 1.165) is 4.31 Å². The molecule has 9 heteroatoms. The maximum absolute atomic E-state index is 12.5. The molecule has 0 radical (unpaired) electrons. The fraction of sp³-hybridized carbons (Fsp3) is 0.364. The maximum atomic E-state index is 12.5. The predicted octanol–water partition coefficient (Wildman–Crippen LogP) is 1.58. The summed E-state index contributed by atoms with van der Waals surface area (Å²) in [6, 6.07) is 4.42.